The summed E-state index contributed by atoms with van der Waals surface area (Å²) in [5.74, 6) is 1.11. The van der Waals surface area contributed by atoms with Crippen molar-refractivity contribution in [3.05, 3.63) is 0 Å². The van der Waals surface area contributed by atoms with Gasteiger partial charge in [-0.15, -0.1) is 0 Å². The molecule has 0 atom stereocenters. The largest absolute Gasteiger partial charge is 0.356 e. The zero-order valence-corrected chi connectivity index (χ0v) is 9.43. The first-order valence-electron chi connectivity index (χ1n) is 6.24. The fourth-order valence-corrected chi connectivity index (χ4v) is 2.22. The Bertz CT molecular complexity index is 232. The van der Waals surface area contributed by atoms with Gasteiger partial charge in [0.25, 0.3) is 0 Å². The van der Waals surface area contributed by atoms with E-state index in [0.717, 1.165) is 31.7 Å². The summed E-state index contributed by atoms with van der Waals surface area (Å²) in [7, 11) is 0. The van der Waals surface area contributed by atoms with Gasteiger partial charge < -0.3 is 11.1 Å². The average Bonchev–Trinajstić information content (AvgIpc) is 2.93. The number of hydrogen-bond donors (Lipinski definition) is 2. The van der Waals surface area contributed by atoms with Crippen molar-refractivity contribution in [3.8, 4) is 0 Å². The van der Waals surface area contributed by atoms with Crippen molar-refractivity contribution in [1.29, 1.82) is 0 Å². The van der Waals surface area contributed by atoms with Crippen molar-refractivity contribution in [3.63, 3.8) is 0 Å². The lowest BCUT2D eigenvalue weighted by molar-refractivity contribution is -0.123. The predicted molar refractivity (Wildman–Crippen MR) is 60.4 cm³/mol. The SMILES string of the molecule is NC1(CC(=O)NCCCC2CC2)CCC1. The van der Waals surface area contributed by atoms with Crippen LogP contribution in [0.2, 0.25) is 0 Å². The van der Waals surface area contributed by atoms with Gasteiger partial charge in [0, 0.05) is 18.5 Å². The molecule has 1 amide bonds. The molecule has 2 aliphatic rings. The topological polar surface area (TPSA) is 55.1 Å². The number of nitrogens with two attached hydrogens (primary N) is 1. The van der Waals surface area contributed by atoms with Crippen LogP contribution in [0.25, 0.3) is 0 Å². The highest BCUT2D eigenvalue weighted by Crippen LogP contribution is 2.33. The highest BCUT2D eigenvalue weighted by atomic mass is 16.1. The van der Waals surface area contributed by atoms with Crippen LogP contribution < -0.4 is 11.1 Å². The van der Waals surface area contributed by atoms with Crippen LogP contribution in [-0.2, 0) is 4.79 Å². The molecule has 86 valence electrons. The van der Waals surface area contributed by atoms with E-state index in [0.29, 0.717) is 6.42 Å². The van der Waals surface area contributed by atoms with Gasteiger partial charge >= 0.3 is 0 Å². The maximum atomic E-state index is 11.5. The van der Waals surface area contributed by atoms with Crippen molar-refractivity contribution in [2.45, 2.75) is 56.9 Å². The lowest BCUT2D eigenvalue weighted by Gasteiger charge is -2.37. The Kier molecular flexibility index (Phi) is 3.29. The fourth-order valence-electron chi connectivity index (χ4n) is 2.22. The van der Waals surface area contributed by atoms with Gasteiger partial charge in [0.15, 0.2) is 0 Å². The highest BCUT2D eigenvalue weighted by molar-refractivity contribution is 5.77. The van der Waals surface area contributed by atoms with Crippen LogP contribution in [-0.4, -0.2) is 18.0 Å². The summed E-state index contributed by atoms with van der Waals surface area (Å²) in [5, 5.41) is 2.97. The Labute approximate surface area is 91.8 Å². The van der Waals surface area contributed by atoms with Crippen molar-refractivity contribution in [2.24, 2.45) is 11.7 Å². The summed E-state index contributed by atoms with van der Waals surface area (Å²) in [6, 6.07) is 0. The van der Waals surface area contributed by atoms with E-state index in [-0.39, 0.29) is 11.4 Å². The number of hydrogen-bond acceptors (Lipinski definition) is 2. The second kappa shape index (κ2) is 4.52. The summed E-state index contributed by atoms with van der Waals surface area (Å²) >= 11 is 0. The third-order valence-electron chi connectivity index (χ3n) is 3.67. The van der Waals surface area contributed by atoms with E-state index in [1.807, 2.05) is 0 Å². The van der Waals surface area contributed by atoms with Crippen LogP contribution in [0.1, 0.15) is 51.4 Å². The zero-order chi connectivity index (χ0) is 10.7. The number of rotatable bonds is 6. The summed E-state index contributed by atoms with van der Waals surface area (Å²) in [4.78, 5) is 11.5. The van der Waals surface area contributed by atoms with E-state index in [1.165, 1.54) is 25.7 Å². The molecule has 0 saturated heterocycles. The monoisotopic (exact) mass is 210 g/mol. The quantitative estimate of drug-likeness (QED) is 0.654. The van der Waals surface area contributed by atoms with Crippen molar-refractivity contribution in [2.75, 3.05) is 6.54 Å². The minimum absolute atomic E-state index is 0.146. The van der Waals surface area contributed by atoms with E-state index in [1.54, 1.807) is 0 Å². The minimum Gasteiger partial charge on any atom is -0.356 e. The van der Waals surface area contributed by atoms with Crippen LogP contribution in [0.5, 0.6) is 0 Å². The van der Waals surface area contributed by atoms with Crippen LogP contribution in [0.4, 0.5) is 0 Å². The maximum Gasteiger partial charge on any atom is 0.221 e. The van der Waals surface area contributed by atoms with Crippen molar-refractivity contribution < 1.29 is 4.79 Å². The normalized spacial score (nSPS) is 23.3. The summed E-state index contributed by atoms with van der Waals surface area (Å²) in [6.07, 6.45) is 8.97. The lowest BCUT2D eigenvalue weighted by Crippen LogP contribution is -2.50. The average molecular weight is 210 g/mol. The Morgan fingerprint density at radius 2 is 2.13 bits per heavy atom. The molecule has 3 heteroatoms. The number of carbonyl (C=O) groups is 1. The van der Waals surface area contributed by atoms with Crippen LogP contribution in [0.3, 0.4) is 0 Å². The zero-order valence-electron chi connectivity index (χ0n) is 9.43. The first-order valence-corrected chi connectivity index (χ1v) is 6.24. The molecule has 2 rings (SSSR count). The number of carbonyl (C=O) groups excluding carboxylic acids is 1. The minimum atomic E-state index is -0.166. The van der Waals surface area contributed by atoms with Crippen molar-refractivity contribution >= 4 is 5.91 Å². The van der Waals surface area contributed by atoms with Gasteiger partial charge in [-0.2, -0.15) is 0 Å². The second-order valence-electron chi connectivity index (χ2n) is 5.33. The fraction of sp³-hybridized carbons (Fsp3) is 0.917. The first-order chi connectivity index (χ1) is 7.18. The molecule has 0 aromatic heterocycles. The third kappa shape index (κ3) is 3.49. The molecule has 0 spiro atoms. The first kappa shape index (κ1) is 10.9. The second-order valence-corrected chi connectivity index (χ2v) is 5.33. The van der Waals surface area contributed by atoms with Gasteiger partial charge in [-0.25, -0.2) is 0 Å². The van der Waals surface area contributed by atoms with E-state index >= 15 is 0 Å². The maximum absolute atomic E-state index is 11.5. The van der Waals surface area contributed by atoms with Gasteiger partial charge in [0.2, 0.25) is 5.91 Å². The van der Waals surface area contributed by atoms with Crippen LogP contribution in [0.15, 0.2) is 0 Å². The summed E-state index contributed by atoms with van der Waals surface area (Å²) in [5.41, 5.74) is 5.84. The Hall–Kier alpha value is -0.570. The van der Waals surface area contributed by atoms with Gasteiger partial charge in [-0.1, -0.05) is 12.8 Å². The molecule has 2 saturated carbocycles. The Morgan fingerprint density at radius 1 is 1.40 bits per heavy atom. The van der Waals surface area contributed by atoms with Gasteiger partial charge in [-0.05, 0) is 38.0 Å². The van der Waals surface area contributed by atoms with E-state index < -0.39 is 0 Å². The molecule has 0 bridgehead atoms. The number of nitrogens with one attached hydrogen (secondary N) is 1. The summed E-state index contributed by atoms with van der Waals surface area (Å²) < 4.78 is 0. The van der Waals surface area contributed by atoms with Crippen LogP contribution in [0, 0.1) is 5.92 Å². The molecule has 3 nitrogen and oxygen atoms in total. The molecule has 2 fully saturated rings. The molecule has 0 unspecified atom stereocenters. The third-order valence-corrected chi connectivity index (χ3v) is 3.67. The summed E-state index contributed by atoms with van der Waals surface area (Å²) in [6.45, 7) is 0.839. The standard InChI is InChI=1S/C12H22N2O/c13-12(6-2-7-12)9-11(15)14-8-1-3-10-4-5-10/h10H,1-9,13H2,(H,14,15). The molecule has 0 aromatic carbocycles. The molecular formula is C12H22N2O. The van der Waals surface area contributed by atoms with Crippen molar-refractivity contribution in [1.82, 2.24) is 5.32 Å². The molecule has 0 radical (unpaired) electrons. The molecule has 0 aromatic rings. The van der Waals surface area contributed by atoms with E-state index in [9.17, 15) is 4.79 Å². The van der Waals surface area contributed by atoms with Gasteiger partial charge in [0.1, 0.15) is 0 Å². The molecule has 15 heavy (non-hydrogen) atoms. The van der Waals surface area contributed by atoms with Crippen LogP contribution >= 0.6 is 0 Å². The highest BCUT2D eigenvalue weighted by Gasteiger charge is 2.34. The van der Waals surface area contributed by atoms with E-state index in [2.05, 4.69) is 5.32 Å². The van der Waals surface area contributed by atoms with Gasteiger partial charge in [-0.3, -0.25) is 4.79 Å². The smallest absolute Gasteiger partial charge is 0.221 e. The molecule has 3 N–H and O–H groups in total. The molecule has 0 aliphatic heterocycles. The predicted octanol–water partition coefficient (Wildman–Crippen LogP) is 1.56. The lowest BCUT2D eigenvalue weighted by atomic mass is 9.75. The molecule has 0 heterocycles. The molecule has 2 aliphatic carbocycles. The van der Waals surface area contributed by atoms with E-state index in [4.69, 9.17) is 5.73 Å². The Balaban J connectivity index is 1.51. The molecular weight excluding hydrogens is 188 g/mol. The Morgan fingerprint density at radius 3 is 2.67 bits per heavy atom. The van der Waals surface area contributed by atoms with Gasteiger partial charge in [0.05, 0.1) is 0 Å². The number of amides is 1.